The Morgan fingerprint density at radius 1 is 1.12 bits per heavy atom. The molecule has 0 amide bonds. The van der Waals surface area contributed by atoms with E-state index in [0.717, 1.165) is 11.3 Å². The molecule has 0 fully saturated rings. The summed E-state index contributed by atoms with van der Waals surface area (Å²) >= 11 is 0. The minimum absolute atomic E-state index is 0.0135. The quantitative estimate of drug-likeness (QED) is 0.841. The van der Waals surface area contributed by atoms with E-state index < -0.39 is 0 Å². The van der Waals surface area contributed by atoms with E-state index in [4.69, 9.17) is 0 Å². The lowest BCUT2D eigenvalue weighted by Gasteiger charge is -2.16. The van der Waals surface area contributed by atoms with Crippen molar-refractivity contribution in [1.82, 2.24) is 10.2 Å². The Bertz CT molecular complexity index is 456. The number of hydrogen-bond acceptors (Lipinski definition) is 4. The van der Waals surface area contributed by atoms with Crippen LogP contribution >= 0.6 is 0 Å². The number of aromatic nitrogens is 2. The van der Waals surface area contributed by atoms with Crippen molar-refractivity contribution in [2.45, 2.75) is 13.0 Å². The number of benzene rings is 1. The van der Waals surface area contributed by atoms with Crippen LogP contribution in [-0.4, -0.2) is 21.9 Å². The van der Waals surface area contributed by atoms with Gasteiger partial charge in [-0.15, -0.1) is 5.10 Å². The van der Waals surface area contributed by atoms with Crippen LogP contribution in [0.25, 0.3) is 0 Å². The van der Waals surface area contributed by atoms with E-state index in [-0.39, 0.29) is 12.6 Å². The first-order valence-corrected chi connectivity index (χ1v) is 5.52. The van der Waals surface area contributed by atoms with Gasteiger partial charge >= 0.3 is 0 Å². The Labute approximate surface area is 100 Å². The third-order valence-electron chi connectivity index (χ3n) is 2.50. The number of aliphatic hydroxyl groups excluding tert-OH is 1. The van der Waals surface area contributed by atoms with Crippen LogP contribution in [0.3, 0.4) is 0 Å². The van der Waals surface area contributed by atoms with Gasteiger partial charge < -0.3 is 10.4 Å². The fourth-order valence-electron chi connectivity index (χ4n) is 1.57. The van der Waals surface area contributed by atoms with E-state index in [1.54, 1.807) is 0 Å². The Morgan fingerprint density at radius 3 is 2.47 bits per heavy atom. The van der Waals surface area contributed by atoms with Crippen LogP contribution in [0.15, 0.2) is 42.5 Å². The highest BCUT2D eigenvalue weighted by Crippen LogP contribution is 2.16. The van der Waals surface area contributed by atoms with Crippen LogP contribution in [0, 0.1) is 6.92 Å². The van der Waals surface area contributed by atoms with Gasteiger partial charge in [0.1, 0.15) is 5.82 Å². The van der Waals surface area contributed by atoms with Crippen molar-refractivity contribution in [3.05, 3.63) is 53.7 Å². The molecule has 0 saturated heterocycles. The lowest BCUT2D eigenvalue weighted by atomic mass is 10.1. The van der Waals surface area contributed by atoms with Gasteiger partial charge in [-0.2, -0.15) is 5.10 Å². The average molecular weight is 229 g/mol. The van der Waals surface area contributed by atoms with Gasteiger partial charge in [-0.1, -0.05) is 30.3 Å². The molecule has 17 heavy (non-hydrogen) atoms. The van der Waals surface area contributed by atoms with Gasteiger partial charge in [-0.3, -0.25) is 0 Å². The molecular weight excluding hydrogens is 214 g/mol. The van der Waals surface area contributed by atoms with E-state index >= 15 is 0 Å². The Morgan fingerprint density at radius 2 is 1.88 bits per heavy atom. The highest BCUT2D eigenvalue weighted by molar-refractivity contribution is 5.37. The van der Waals surface area contributed by atoms with E-state index in [1.165, 1.54) is 0 Å². The largest absolute Gasteiger partial charge is 0.394 e. The first kappa shape index (κ1) is 11.5. The van der Waals surface area contributed by atoms with Crippen molar-refractivity contribution in [2.24, 2.45) is 0 Å². The summed E-state index contributed by atoms with van der Waals surface area (Å²) < 4.78 is 0. The number of aliphatic hydroxyl groups is 1. The van der Waals surface area contributed by atoms with E-state index in [2.05, 4.69) is 15.5 Å². The summed E-state index contributed by atoms with van der Waals surface area (Å²) in [4.78, 5) is 0. The summed E-state index contributed by atoms with van der Waals surface area (Å²) in [6.45, 7) is 1.90. The van der Waals surface area contributed by atoms with Crippen LogP contribution in [0.5, 0.6) is 0 Å². The molecule has 0 aliphatic carbocycles. The highest BCUT2D eigenvalue weighted by atomic mass is 16.3. The zero-order valence-electron chi connectivity index (χ0n) is 9.67. The molecule has 88 valence electrons. The molecule has 4 nitrogen and oxygen atoms in total. The molecule has 1 aromatic carbocycles. The number of nitrogens with one attached hydrogen (secondary N) is 1. The zero-order chi connectivity index (χ0) is 12.1. The van der Waals surface area contributed by atoms with Crippen molar-refractivity contribution in [1.29, 1.82) is 0 Å². The van der Waals surface area contributed by atoms with Gasteiger partial charge in [0.05, 0.1) is 18.3 Å². The van der Waals surface area contributed by atoms with Gasteiger partial charge in [0, 0.05) is 0 Å². The van der Waals surface area contributed by atoms with Gasteiger partial charge in [-0.05, 0) is 24.6 Å². The maximum atomic E-state index is 9.38. The average Bonchev–Trinajstić information content (AvgIpc) is 2.39. The summed E-state index contributed by atoms with van der Waals surface area (Å²) in [5.74, 6) is 0.665. The second-order valence-electron chi connectivity index (χ2n) is 3.85. The molecular formula is C13H15N3O. The molecule has 0 radical (unpaired) electrons. The lowest BCUT2D eigenvalue weighted by Crippen LogP contribution is -2.15. The molecule has 0 spiro atoms. The van der Waals surface area contributed by atoms with Crippen LogP contribution < -0.4 is 5.32 Å². The fraction of sp³-hybridized carbons (Fsp3) is 0.231. The predicted molar refractivity (Wildman–Crippen MR) is 66.7 cm³/mol. The molecule has 0 aliphatic rings. The molecule has 2 rings (SSSR count). The minimum atomic E-state index is -0.159. The van der Waals surface area contributed by atoms with Crippen LogP contribution in [-0.2, 0) is 0 Å². The van der Waals surface area contributed by atoms with E-state index in [0.29, 0.717) is 5.82 Å². The van der Waals surface area contributed by atoms with Crippen LogP contribution in [0.4, 0.5) is 5.82 Å². The molecule has 2 aromatic rings. The molecule has 0 saturated carbocycles. The minimum Gasteiger partial charge on any atom is -0.394 e. The Kier molecular flexibility index (Phi) is 3.67. The van der Waals surface area contributed by atoms with Crippen molar-refractivity contribution in [3.8, 4) is 0 Å². The normalized spacial score (nSPS) is 12.1. The maximum absolute atomic E-state index is 9.38. The summed E-state index contributed by atoms with van der Waals surface area (Å²) in [6.07, 6.45) is 0. The maximum Gasteiger partial charge on any atom is 0.149 e. The topological polar surface area (TPSA) is 58.0 Å². The smallest absolute Gasteiger partial charge is 0.149 e. The van der Waals surface area contributed by atoms with Crippen molar-refractivity contribution in [2.75, 3.05) is 11.9 Å². The monoisotopic (exact) mass is 229 g/mol. The Hall–Kier alpha value is -1.94. The SMILES string of the molecule is Cc1ccc(NC(CO)c2ccccc2)nn1. The molecule has 1 unspecified atom stereocenters. The van der Waals surface area contributed by atoms with Crippen molar-refractivity contribution in [3.63, 3.8) is 0 Å². The molecule has 0 aliphatic heterocycles. The van der Waals surface area contributed by atoms with Crippen LogP contribution in [0.1, 0.15) is 17.3 Å². The lowest BCUT2D eigenvalue weighted by molar-refractivity contribution is 0.276. The number of hydrogen-bond donors (Lipinski definition) is 2. The number of nitrogens with zero attached hydrogens (tertiary/aromatic N) is 2. The zero-order valence-corrected chi connectivity index (χ0v) is 9.67. The van der Waals surface area contributed by atoms with Gasteiger partial charge in [0.15, 0.2) is 0 Å². The third-order valence-corrected chi connectivity index (χ3v) is 2.50. The second kappa shape index (κ2) is 5.41. The standard InChI is InChI=1S/C13H15N3O/c1-10-7-8-13(16-15-10)14-12(9-17)11-5-3-2-4-6-11/h2-8,12,17H,9H2,1H3,(H,14,16). The highest BCUT2D eigenvalue weighted by Gasteiger charge is 2.10. The summed E-state index contributed by atoms with van der Waals surface area (Å²) in [7, 11) is 0. The summed E-state index contributed by atoms with van der Waals surface area (Å²) in [5, 5.41) is 20.5. The van der Waals surface area contributed by atoms with E-state index in [9.17, 15) is 5.11 Å². The molecule has 0 bridgehead atoms. The fourth-order valence-corrected chi connectivity index (χ4v) is 1.57. The van der Waals surface area contributed by atoms with E-state index in [1.807, 2.05) is 49.4 Å². The summed E-state index contributed by atoms with van der Waals surface area (Å²) in [5.41, 5.74) is 1.90. The number of anilines is 1. The van der Waals surface area contributed by atoms with Crippen molar-refractivity contribution < 1.29 is 5.11 Å². The van der Waals surface area contributed by atoms with Gasteiger partial charge in [0.25, 0.3) is 0 Å². The molecule has 1 aromatic heterocycles. The number of rotatable bonds is 4. The molecule has 1 heterocycles. The molecule has 4 heteroatoms. The number of aryl methyl sites for hydroxylation is 1. The van der Waals surface area contributed by atoms with Gasteiger partial charge in [0.2, 0.25) is 0 Å². The van der Waals surface area contributed by atoms with Crippen molar-refractivity contribution >= 4 is 5.82 Å². The predicted octanol–water partition coefficient (Wildman–Crippen LogP) is 1.93. The first-order valence-electron chi connectivity index (χ1n) is 5.52. The summed E-state index contributed by atoms with van der Waals surface area (Å²) in [6, 6.07) is 13.4. The Balaban J connectivity index is 2.13. The third kappa shape index (κ3) is 3.01. The van der Waals surface area contributed by atoms with Crippen LogP contribution in [0.2, 0.25) is 0 Å². The molecule has 2 N–H and O–H groups in total. The van der Waals surface area contributed by atoms with Gasteiger partial charge in [-0.25, -0.2) is 0 Å². The first-order chi connectivity index (χ1) is 8.29. The second-order valence-corrected chi connectivity index (χ2v) is 3.85. The molecule has 1 atom stereocenters.